The van der Waals surface area contributed by atoms with E-state index < -0.39 is 0 Å². The minimum Gasteiger partial charge on any atom is -0.291 e. The SMILES string of the molecule is CCn1ncc2c(=O)n(Cc3ncn(-c4ccccc4)n3)cnc21. The van der Waals surface area contributed by atoms with Gasteiger partial charge in [-0.2, -0.15) is 5.10 Å². The highest BCUT2D eigenvalue weighted by Crippen LogP contribution is 2.07. The van der Waals surface area contributed by atoms with Gasteiger partial charge in [-0.05, 0) is 19.1 Å². The zero-order valence-electron chi connectivity index (χ0n) is 13.1. The number of para-hydroxylation sites is 1. The molecule has 8 nitrogen and oxygen atoms in total. The highest BCUT2D eigenvalue weighted by molar-refractivity contribution is 5.72. The summed E-state index contributed by atoms with van der Waals surface area (Å²) in [6, 6.07) is 9.70. The van der Waals surface area contributed by atoms with E-state index in [9.17, 15) is 4.79 Å². The molecule has 0 radical (unpaired) electrons. The lowest BCUT2D eigenvalue weighted by atomic mass is 10.3. The summed E-state index contributed by atoms with van der Waals surface area (Å²) in [4.78, 5) is 21.2. The fraction of sp³-hybridized carbons (Fsp3) is 0.188. The van der Waals surface area contributed by atoms with E-state index in [0.717, 1.165) is 5.69 Å². The molecule has 120 valence electrons. The van der Waals surface area contributed by atoms with Crippen molar-refractivity contribution in [3.63, 3.8) is 0 Å². The zero-order valence-corrected chi connectivity index (χ0v) is 13.1. The van der Waals surface area contributed by atoms with Crippen LogP contribution < -0.4 is 5.56 Å². The molecule has 1 aromatic carbocycles. The Morgan fingerprint density at radius 1 is 1.08 bits per heavy atom. The van der Waals surface area contributed by atoms with Crippen LogP contribution in [0.5, 0.6) is 0 Å². The van der Waals surface area contributed by atoms with Gasteiger partial charge in [-0.1, -0.05) is 18.2 Å². The molecule has 8 heteroatoms. The van der Waals surface area contributed by atoms with E-state index in [2.05, 4.69) is 20.2 Å². The summed E-state index contributed by atoms with van der Waals surface area (Å²) in [6.07, 6.45) is 4.71. The second-order valence-corrected chi connectivity index (χ2v) is 5.32. The average molecular weight is 321 g/mol. The summed E-state index contributed by atoms with van der Waals surface area (Å²) in [5.74, 6) is 0.546. The van der Waals surface area contributed by atoms with Crippen molar-refractivity contribution in [1.82, 2.24) is 34.1 Å². The van der Waals surface area contributed by atoms with E-state index in [4.69, 9.17) is 0 Å². The van der Waals surface area contributed by atoms with Gasteiger partial charge in [-0.25, -0.2) is 19.3 Å². The van der Waals surface area contributed by atoms with Gasteiger partial charge in [0, 0.05) is 6.54 Å². The molecule has 0 fully saturated rings. The molecule has 0 N–H and O–H groups in total. The maximum atomic E-state index is 12.5. The highest BCUT2D eigenvalue weighted by atomic mass is 16.1. The van der Waals surface area contributed by atoms with Crippen molar-refractivity contribution in [3.05, 3.63) is 65.4 Å². The second-order valence-electron chi connectivity index (χ2n) is 5.32. The molecule has 0 bridgehead atoms. The number of rotatable bonds is 4. The van der Waals surface area contributed by atoms with E-state index in [1.165, 1.54) is 10.9 Å². The molecule has 0 saturated heterocycles. The summed E-state index contributed by atoms with van der Waals surface area (Å²) in [5, 5.41) is 9.09. The minimum atomic E-state index is -0.143. The smallest absolute Gasteiger partial charge is 0.264 e. The number of fused-ring (bicyclic) bond motifs is 1. The van der Waals surface area contributed by atoms with Gasteiger partial charge in [0.1, 0.15) is 18.0 Å². The predicted molar refractivity (Wildman–Crippen MR) is 87.9 cm³/mol. The van der Waals surface area contributed by atoms with E-state index in [1.54, 1.807) is 21.9 Å². The van der Waals surface area contributed by atoms with Crippen LogP contribution in [0.1, 0.15) is 12.7 Å². The lowest BCUT2D eigenvalue weighted by molar-refractivity contribution is 0.667. The van der Waals surface area contributed by atoms with Crippen LogP contribution in [-0.4, -0.2) is 34.1 Å². The molecule has 3 heterocycles. The van der Waals surface area contributed by atoms with Gasteiger partial charge in [0.25, 0.3) is 5.56 Å². The summed E-state index contributed by atoms with van der Waals surface area (Å²) < 4.78 is 4.87. The number of hydrogen-bond donors (Lipinski definition) is 0. The first-order valence-corrected chi connectivity index (χ1v) is 7.63. The van der Waals surface area contributed by atoms with Gasteiger partial charge in [0.05, 0.1) is 18.4 Å². The number of aryl methyl sites for hydroxylation is 1. The summed E-state index contributed by atoms with van der Waals surface area (Å²) in [5.41, 5.74) is 1.37. The molecule has 0 atom stereocenters. The molecule has 0 aliphatic carbocycles. The fourth-order valence-corrected chi connectivity index (χ4v) is 2.57. The minimum absolute atomic E-state index is 0.143. The second kappa shape index (κ2) is 5.73. The zero-order chi connectivity index (χ0) is 16.5. The van der Waals surface area contributed by atoms with Gasteiger partial charge >= 0.3 is 0 Å². The van der Waals surface area contributed by atoms with Crippen LogP contribution >= 0.6 is 0 Å². The largest absolute Gasteiger partial charge is 0.291 e. The van der Waals surface area contributed by atoms with Crippen LogP contribution in [0.3, 0.4) is 0 Å². The lowest BCUT2D eigenvalue weighted by Crippen LogP contribution is -2.21. The van der Waals surface area contributed by atoms with Gasteiger partial charge in [0.15, 0.2) is 11.5 Å². The van der Waals surface area contributed by atoms with Crippen LogP contribution in [0.15, 0.2) is 54.0 Å². The normalized spacial score (nSPS) is 11.2. The number of benzene rings is 1. The molecule has 0 unspecified atom stereocenters. The van der Waals surface area contributed by atoms with Crippen molar-refractivity contribution in [2.75, 3.05) is 0 Å². The molecule has 3 aromatic heterocycles. The van der Waals surface area contributed by atoms with E-state index in [0.29, 0.717) is 23.4 Å². The Morgan fingerprint density at radius 2 is 1.92 bits per heavy atom. The molecule has 0 aliphatic heterocycles. The molecule has 24 heavy (non-hydrogen) atoms. The van der Waals surface area contributed by atoms with Gasteiger partial charge in [0.2, 0.25) is 0 Å². The Hall–Kier alpha value is -3.29. The molecule has 0 amide bonds. The van der Waals surface area contributed by atoms with Crippen LogP contribution in [0, 0.1) is 0 Å². The summed E-state index contributed by atoms with van der Waals surface area (Å²) >= 11 is 0. The molecule has 0 saturated carbocycles. The van der Waals surface area contributed by atoms with Crippen molar-refractivity contribution < 1.29 is 0 Å². The maximum Gasteiger partial charge on any atom is 0.264 e. The first-order chi connectivity index (χ1) is 11.8. The van der Waals surface area contributed by atoms with E-state index >= 15 is 0 Å². The first-order valence-electron chi connectivity index (χ1n) is 7.63. The summed E-state index contributed by atoms with van der Waals surface area (Å²) in [7, 11) is 0. The average Bonchev–Trinajstić information content (AvgIpc) is 3.25. The van der Waals surface area contributed by atoms with Crippen molar-refractivity contribution >= 4 is 11.0 Å². The number of nitrogens with zero attached hydrogens (tertiary/aromatic N) is 7. The molecular formula is C16H15N7O. The topological polar surface area (TPSA) is 83.4 Å². The third kappa shape index (κ3) is 2.37. The fourth-order valence-electron chi connectivity index (χ4n) is 2.57. The third-order valence-electron chi connectivity index (χ3n) is 3.79. The Balaban J connectivity index is 1.67. The van der Waals surface area contributed by atoms with Crippen LogP contribution in [0.4, 0.5) is 0 Å². The standard InChI is InChI=1S/C16H15N7O/c1-2-22-15-13(8-19-22)16(24)21(10-18-15)9-14-17-11-23(20-14)12-6-4-3-5-7-12/h3-8,10-11H,2,9H2,1H3. The quantitative estimate of drug-likeness (QED) is 0.565. The molecule has 4 aromatic rings. The molecule has 0 spiro atoms. The van der Waals surface area contributed by atoms with Crippen molar-refractivity contribution in [1.29, 1.82) is 0 Å². The van der Waals surface area contributed by atoms with Gasteiger partial charge < -0.3 is 0 Å². The maximum absolute atomic E-state index is 12.5. The molecule has 4 rings (SSSR count). The van der Waals surface area contributed by atoms with Crippen LogP contribution in [0.25, 0.3) is 16.7 Å². The number of hydrogen-bond acceptors (Lipinski definition) is 5. The highest BCUT2D eigenvalue weighted by Gasteiger charge is 2.11. The Kier molecular flexibility index (Phi) is 3.42. The van der Waals surface area contributed by atoms with Crippen molar-refractivity contribution in [2.45, 2.75) is 20.0 Å². The van der Waals surface area contributed by atoms with Crippen LogP contribution in [-0.2, 0) is 13.1 Å². The summed E-state index contributed by atoms with van der Waals surface area (Å²) in [6.45, 7) is 2.89. The Labute approximate surface area is 137 Å². The third-order valence-corrected chi connectivity index (χ3v) is 3.79. The lowest BCUT2D eigenvalue weighted by Gasteiger charge is -2.03. The Morgan fingerprint density at radius 3 is 2.71 bits per heavy atom. The van der Waals surface area contributed by atoms with Crippen molar-refractivity contribution in [2.24, 2.45) is 0 Å². The van der Waals surface area contributed by atoms with E-state index in [-0.39, 0.29) is 12.1 Å². The van der Waals surface area contributed by atoms with Crippen LogP contribution in [0.2, 0.25) is 0 Å². The van der Waals surface area contributed by atoms with Gasteiger partial charge in [-0.15, -0.1) is 5.10 Å². The number of aromatic nitrogens is 7. The molecular weight excluding hydrogens is 306 g/mol. The predicted octanol–water partition coefficient (Wildman–Crippen LogP) is 1.24. The monoisotopic (exact) mass is 321 g/mol. The van der Waals surface area contributed by atoms with Crippen molar-refractivity contribution in [3.8, 4) is 5.69 Å². The first kappa shape index (κ1) is 14.3. The molecule has 0 aliphatic rings. The van der Waals surface area contributed by atoms with E-state index in [1.807, 2.05) is 37.3 Å². The van der Waals surface area contributed by atoms with Gasteiger partial charge in [-0.3, -0.25) is 9.36 Å². The Bertz CT molecular complexity index is 1050.